The highest BCUT2D eigenvalue weighted by atomic mass is 16.5. The summed E-state index contributed by atoms with van der Waals surface area (Å²) < 4.78 is 4.42. The number of nitrogens with one attached hydrogen (secondary N) is 1. The van der Waals surface area contributed by atoms with Gasteiger partial charge in [-0.05, 0) is 6.42 Å². The van der Waals surface area contributed by atoms with E-state index in [1.165, 1.54) is 14.2 Å². The first kappa shape index (κ1) is 16.6. The van der Waals surface area contributed by atoms with Gasteiger partial charge >= 0.3 is 11.9 Å². The van der Waals surface area contributed by atoms with E-state index in [2.05, 4.69) is 15.2 Å². The molecule has 0 spiro atoms. The van der Waals surface area contributed by atoms with Crippen LogP contribution in [0.5, 0.6) is 0 Å². The van der Waals surface area contributed by atoms with E-state index in [-0.39, 0.29) is 37.3 Å². The fourth-order valence-corrected chi connectivity index (χ4v) is 1.70. The molecule has 0 saturated carbocycles. The number of carbonyl (C=O) groups excluding carboxylic acids is 3. The Balaban J connectivity index is 2.64. The zero-order valence-corrected chi connectivity index (χ0v) is 11.8. The number of hydrogen-bond acceptors (Lipinski definition) is 6. The molecule has 1 aliphatic rings. The molecule has 116 valence electrons. The topological polar surface area (TPSA) is 125 Å². The predicted molar refractivity (Wildman–Crippen MR) is 70.3 cm³/mol. The second kappa shape index (κ2) is 7.36. The van der Waals surface area contributed by atoms with Crippen LogP contribution in [0.4, 0.5) is 0 Å². The SMILES string of the molecule is COC(=O)CC[C@H](NC(=O)C1=NN(C)C(=O)CC1)C(=O)O. The van der Waals surface area contributed by atoms with E-state index >= 15 is 0 Å². The van der Waals surface area contributed by atoms with Crippen molar-refractivity contribution in [3.63, 3.8) is 0 Å². The van der Waals surface area contributed by atoms with Gasteiger partial charge in [-0.2, -0.15) is 5.10 Å². The third kappa shape index (κ3) is 4.86. The van der Waals surface area contributed by atoms with Gasteiger partial charge in [0.25, 0.3) is 5.91 Å². The number of aliphatic carboxylic acids is 1. The van der Waals surface area contributed by atoms with Crippen molar-refractivity contribution in [2.75, 3.05) is 14.2 Å². The Morgan fingerprint density at radius 1 is 1.43 bits per heavy atom. The summed E-state index contributed by atoms with van der Waals surface area (Å²) in [6.45, 7) is 0. The van der Waals surface area contributed by atoms with Gasteiger partial charge in [0.15, 0.2) is 0 Å². The van der Waals surface area contributed by atoms with Crippen LogP contribution in [-0.2, 0) is 23.9 Å². The van der Waals surface area contributed by atoms with Gasteiger partial charge < -0.3 is 15.2 Å². The van der Waals surface area contributed by atoms with E-state index in [1.54, 1.807) is 0 Å². The number of nitrogens with zero attached hydrogens (tertiary/aromatic N) is 2. The summed E-state index contributed by atoms with van der Waals surface area (Å²) in [5, 5.41) is 16.2. The lowest BCUT2D eigenvalue weighted by Gasteiger charge is -2.20. The Hall–Kier alpha value is -2.45. The zero-order chi connectivity index (χ0) is 16.0. The van der Waals surface area contributed by atoms with Crippen molar-refractivity contribution in [3.8, 4) is 0 Å². The van der Waals surface area contributed by atoms with E-state index in [1.807, 2.05) is 0 Å². The first-order valence-corrected chi connectivity index (χ1v) is 6.29. The molecule has 0 aliphatic carbocycles. The van der Waals surface area contributed by atoms with Crippen LogP contribution in [0.25, 0.3) is 0 Å². The monoisotopic (exact) mass is 299 g/mol. The highest BCUT2D eigenvalue weighted by molar-refractivity contribution is 6.39. The lowest BCUT2D eigenvalue weighted by atomic mass is 10.1. The number of hydrazone groups is 1. The van der Waals surface area contributed by atoms with Gasteiger partial charge in [0.1, 0.15) is 11.8 Å². The van der Waals surface area contributed by atoms with Gasteiger partial charge in [0.2, 0.25) is 5.91 Å². The summed E-state index contributed by atoms with van der Waals surface area (Å²) in [6.07, 6.45) is 0.0788. The number of amides is 2. The largest absolute Gasteiger partial charge is 0.480 e. The summed E-state index contributed by atoms with van der Waals surface area (Å²) in [5.41, 5.74) is 0.0846. The Bertz CT molecular complexity index is 487. The number of carboxylic acid groups (broad SMARTS) is 1. The Kier molecular flexibility index (Phi) is 5.82. The Morgan fingerprint density at radius 3 is 2.62 bits per heavy atom. The maximum atomic E-state index is 11.9. The smallest absolute Gasteiger partial charge is 0.326 e. The van der Waals surface area contributed by atoms with Crippen molar-refractivity contribution >= 4 is 29.5 Å². The molecule has 2 N–H and O–H groups in total. The lowest BCUT2D eigenvalue weighted by Crippen LogP contribution is -2.46. The molecular weight excluding hydrogens is 282 g/mol. The predicted octanol–water partition coefficient (Wildman–Crippen LogP) is -0.883. The zero-order valence-electron chi connectivity index (χ0n) is 11.8. The summed E-state index contributed by atoms with van der Waals surface area (Å²) in [5.74, 6) is -2.69. The summed E-state index contributed by atoms with van der Waals surface area (Å²) in [6, 6.07) is -1.22. The van der Waals surface area contributed by atoms with E-state index in [0.29, 0.717) is 0 Å². The molecule has 0 fully saturated rings. The molecule has 1 heterocycles. The highest BCUT2D eigenvalue weighted by Gasteiger charge is 2.26. The summed E-state index contributed by atoms with van der Waals surface area (Å²) in [4.78, 5) is 45.2. The Morgan fingerprint density at radius 2 is 2.10 bits per heavy atom. The maximum Gasteiger partial charge on any atom is 0.326 e. The van der Waals surface area contributed by atoms with Crippen LogP contribution >= 0.6 is 0 Å². The first-order valence-electron chi connectivity index (χ1n) is 6.29. The minimum atomic E-state index is -1.26. The number of ether oxygens (including phenoxy) is 1. The van der Waals surface area contributed by atoms with Crippen molar-refractivity contribution in [3.05, 3.63) is 0 Å². The van der Waals surface area contributed by atoms with E-state index in [4.69, 9.17) is 5.11 Å². The van der Waals surface area contributed by atoms with Crippen LogP contribution in [0.1, 0.15) is 25.7 Å². The maximum absolute atomic E-state index is 11.9. The molecule has 0 bridgehead atoms. The minimum Gasteiger partial charge on any atom is -0.480 e. The first-order chi connectivity index (χ1) is 9.85. The van der Waals surface area contributed by atoms with Crippen molar-refractivity contribution in [1.82, 2.24) is 10.3 Å². The van der Waals surface area contributed by atoms with E-state index in [0.717, 1.165) is 5.01 Å². The molecule has 0 saturated heterocycles. The molecule has 9 heteroatoms. The summed E-state index contributed by atoms with van der Waals surface area (Å²) >= 11 is 0. The van der Waals surface area contributed by atoms with Gasteiger partial charge in [-0.1, -0.05) is 0 Å². The number of carbonyl (C=O) groups is 4. The molecule has 0 unspecified atom stereocenters. The van der Waals surface area contributed by atoms with Gasteiger partial charge in [0.05, 0.1) is 7.11 Å². The van der Waals surface area contributed by atoms with Crippen LogP contribution in [0.15, 0.2) is 5.10 Å². The average Bonchev–Trinajstić information content (AvgIpc) is 2.45. The molecule has 0 radical (unpaired) electrons. The van der Waals surface area contributed by atoms with Crippen LogP contribution < -0.4 is 5.32 Å². The number of hydrogen-bond donors (Lipinski definition) is 2. The highest BCUT2D eigenvalue weighted by Crippen LogP contribution is 2.08. The molecule has 9 nitrogen and oxygen atoms in total. The molecule has 0 aromatic rings. The molecule has 0 aromatic carbocycles. The molecule has 2 amide bonds. The van der Waals surface area contributed by atoms with Crippen molar-refractivity contribution in [2.45, 2.75) is 31.7 Å². The van der Waals surface area contributed by atoms with Crippen molar-refractivity contribution in [2.24, 2.45) is 5.10 Å². The minimum absolute atomic E-state index is 0.0846. The van der Waals surface area contributed by atoms with Crippen molar-refractivity contribution in [1.29, 1.82) is 0 Å². The van der Waals surface area contributed by atoms with E-state index in [9.17, 15) is 19.2 Å². The third-order valence-electron chi connectivity index (χ3n) is 2.94. The molecule has 0 aromatic heterocycles. The van der Waals surface area contributed by atoms with Gasteiger partial charge in [-0.3, -0.25) is 14.4 Å². The van der Waals surface area contributed by atoms with Crippen LogP contribution in [0, 0.1) is 0 Å². The van der Waals surface area contributed by atoms with Crippen LogP contribution in [0.3, 0.4) is 0 Å². The second-order valence-electron chi connectivity index (χ2n) is 4.44. The third-order valence-corrected chi connectivity index (χ3v) is 2.94. The number of carboxylic acids is 1. The normalized spacial score (nSPS) is 16.0. The van der Waals surface area contributed by atoms with Crippen molar-refractivity contribution < 1.29 is 29.0 Å². The van der Waals surface area contributed by atoms with Gasteiger partial charge in [0, 0.05) is 26.3 Å². The molecule has 1 atom stereocenters. The average molecular weight is 299 g/mol. The number of rotatable bonds is 6. The van der Waals surface area contributed by atoms with Gasteiger partial charge in [-0.15, -0.1) is 0 Å². The van der Waals surface area contributed by atoms with E-state index < -0.39 is 23.9 Å². The number of methoxy groups -OCH3 is 1. The molecule has 1 aliphatic heterocycles. The van der Waals surface area contributed by atoms with Crippen LogP contribution in [0.2, 0.25) is 0 Å². The molecular formula is C12H17N3O6. The molecule has 1 rings (SSSR count). The molecule has 21 heavy (non-hydrogen) atoms. The standard InChI is InChI=1S/C12H17N3O6/c1-15-9(16)5-3-7(14-15)11(18)13-8(12(19)20)4-6-10(17)21-2/h8H,3-6H2,1-2H3,(H,13,18)(H,19,20)/t8-/m0/s1. The fraction of sp³-hybridized carbons (Fsp3) is 0.583. The quantitative estimate of drug-likeness (QED) is 0.613. The van der Waals surface area contributed by atoms with Gasteiger partial charge in [-0.25, -0.2) is 9.80 Å². The van der Waals surface area contributed by atoms with Crippen LogP contribution in [-0.4, -0.2) is 59.8 Å². The fourth-order valence-electron chi connectivity index (χ4n) is 1.70. The Labute approximate surface area is 120 Å². The second-order valence-corrected chi connectivity index (χ2v) is 4.44. The lowest BCUT2D eigenvalue weighted by molar-refractivity contribution is -0.143. The number of esters is 1. The summed E-state index contributed by atoms with van der Waals surface area (Å²) in [7, 11) is 2.61.